The van der Waals surface area contributed by atoms with Crippen LogP contribution in [0.25, 0.3) is 0 Å². The maximum Gasteiger partial charge on any atom is 0.338 e. The number of nitrogens with zero attached hydrogens (tertiary/aromatic N) is 2. The molecule has 1 N–H and O–H groups in total. The molecule has 9 nitrogen and oxygen atoms in total. The number of benzene rings is 3. The van der Waals surface area contributed by atoms with Crippen LogP contribution in [-0.4, -0.2) is 46.5 Å². The van der Waals surface area contributed by atoms with Crippen molar-refractivity contribution < 1.29 is 28.6 Å². The maximum atomic E-state index is 13.4. The number of hydrogen-bond donors (Lipinski definition) is 1. The lowest BCUT2D eigenvalue weighted by atomic mass is 10.1. The van der Waals surface area contributed by atoms with Crippen molar-refractivity contribution in [1.82, 2.24) is 4.90 Å². The number of fused-ring (bicyclic) bond motifs is 1. The van der Waals surface area contributed by atoms with Gasteiger partial charge >= 0.3 is 5.97 Å². The van der Waals surface area contributed by atoms with Crippen molar-refractivity contribution in [3.8, 4) is 11.5 Å². The summed E-state index contributed by atoms with van der Waals surface area (Å²) in [7, 11) is 0. The van der Waals surface area contributed by atoms with Gasteiger partial charge in [-0.3, -0.25) is 14.5 Å². The Labute approximate surface area is 237 Å². The van der Waals surface area contributed by atoms with Gasteiger partial charge in [0.1, 0.15) is 5.25 Å². The summed E-state index contributed by atoms with van der Waals surface area (Å²) in [4.78, 5) is 44.8. The summed E-state index contributed by atoms with van der Waals surface area (Å²) in [5, 5.41) is 2.58. The molecular weight excluding hydrogens is 586 g/mol. The number of nitrogens with one attached hydrogen (secondary N) is 1. The molecule has 0 radical (unpaired) electrons. The van der Waals surface area contributed by atoms with Gasteiger partial charge in [0.05, 0.1) is 24.4 Å². The average Bonchev–Trinajstić information content (AvgIpc) is 3.39. The molecule has 0 aromatic heterocycles. The molecule has 3 aromatic carbocycles. The lowest BCUT2D eigenvalue weighted by Crippen LogP contribution is -2.44. The van der Waals surface area contributed by atoms with E-state index >= 15 is 0 Å². The molecule has 0 bridgehead atoms. The molecule has 2 aliphatic heterocycles. The van der Waals surface area contributed by atoms with Crippen LogP contribution in [-0.2, 0) is 20.9 Å². The van der Waals surface area contributed by atoms with Crippen LogP contribution in [0.15, 0.2) is 76.2 Å². The van der Waals surface area contributed by atoms with Crippen molar-refractivity contribution in [1.29, 1.82) is 0 Å². The zero-order chi connectivity index (χ0) is 27.4. The first-order chi connectivity index (χ1) is 18.9. The molecule has 1 saturated heterocycles. The topological polar surface area (TPSA) is 107 Å². The minimum Gasteiger partial charge on any atom is -0.462 e. The van der Waals surface area contributed by atoms with E-state index in [1.54, 1.807) is 54.3 Å². The fourth-order valence-electron chi connectivity index (χ4n) is 4.00. The molecule has 39 heavy (non-hydrogen) atoms. The van der Waals surface area contributed by atoms with Crippen LogP contribution in [0.2, 0.25) is 0 Å². The molecule has 2 heterocycles. The second kappa shape index (κ2) is 11.9. The number of esters is 1. The highest BCUT2D eigenvalue weighted by atomic mass is 79.9. The molecule has 1 unspecified atom stereocenters. The number of amidine groups is 1. The van der Waals surface area contributed by atoms with Crippen molar-refractivity contribution in [2.45, 2.75) is 25.1 Å². The van der Waals surface area contributed by atoms with Gasteiger partial charge in [-0.1, -0.05) is 39.8 Å². The number of thioether (sulfide) groups is 1. The lowest BCUT2D eigenvalue weighted by Gasteiger charge is -2.32. The zero-order valence-corrected chi connectivity index (χ0v) is 23.3. The minimum absolute atomic E-state index is 0.00979. The van der Waals surface area contributed by atoms with Crippen LogP contribution in [0.3, 0.4) is 0 Å². The van der Waals surface area contributed by atoms with Crippen LogP contribution in [0, 0.1) is 0 Å². The summed E-state index contributed by atoms with van der Waals surface area (Å²) < 4.78 is 16.8. The van der Waals surface area contributed by atoms with E-state index in [1.807, 2.05) is 24.3 Å². The number of halogens is 1. The molecule has 2 aliphatic rings. The van der Waals surface area contributed by atoms with Crippen LogP contribution < -0.4 is 14.8 Å². The maximum absolute atomic E-state index is 13.4. The van der Waals surface area contributed by atoms with Gasteiger partial charge in [0.15, 0.2) is 16.7 Å². The third-order valence-electron chi connectivity index (χ3n) is 5.91. The largest absolute Gasteiger partial charge is 0.462 e. The van der Waals surface area contributed by atoms with Crippen molar-refractivity contribution >= 4 is 62.0 Å². The number of ether oxygens (including phenoxy) is 3. The number of aliphatic imine (C=N–C) groups is 1. The number of carbonyl (C=O) groups is 3. The Morgan fingerprint density at radius 1 is 1.10 bits per heavy atom. The van der Waals surface area contributed by atoms with Crippen molar-refractivity contribution in [2.24, 2.45) is 4.99 Å². The Morgan fingerprint density at radius 2 is 1.90 bits per heavy atom. The quantitative estimate of drug-likeness (QED) is 0.352. The van der Waals surface area contributed by atoms with E-state index in [-0.39, 0.29) is 38.2 Å². The molecule has 200 valence electrons. The molecule has 1 atom stereocenters. The normalized spacial score (nSPS) is 17.3. The predicted molar refractivity (Wildman–Crippen MR) is 151 cm³/mol. The molecule has 3 aromatic rings. The summed E-state index contributed by atoms with van der Waals surface area (Å²) >= 11 is 4.62. The average molecular weight is 610 g/mol. The highest BCUT2D eigenvalue weighted by Crippen LogP contribution is 2.35. The third-order valence-corrected chi connectivity index (χ3v) is 7.59. The lowest BCUT2D eigenvalue weighted by molar-refractivity contribution is -0.129. The Morgan fingerprint density at radius 3 is 2.67 bits per heavy atom. The Kier molecular flexibility index (Phi) is 8.18. The van der Waals surface area contributed by atoms with Crippen molar-refractivity contribution in [3.05, 3.63) is 82.3 Å². The molecule has 0 spiro atoms. The molecular formula is C28H24BrN3O6S. The third kappa shape index (κ3) is 6.43. The van der Waals surface area contributed by atoms with Crippen LogP contribution in [0.4, 0.5) is 11.4 Å². The van der Waals surface area contributed by atoms with E-state index in [4.69, 9.17) is 19.2 Å². The van der Waals surface area contributed by atoms with E-state index in [0.29, 0.717) is 33.6 Å². The summed E-state index contributed by atoms with van der Waals surface area (Å²) in [6.07, 6.45) is 0.00979. The SMILES string of the molecule is CCOC(=O)c1ccc(N=C2SC(C(=O)Nc3cccc(Br)c3)CC(=O)N2Cc2ccc3c(c2)OCO3)cc1. The molecule has 5 rings (SSSR count). The van der Waals surface area contributed by atoms with Gasteiger partial charge in [-0.15, -0.1) is 0 Å². The highest BCUT2D eigenvalue weighted by molar-refractivity contribution is 9.10. The first-order valence-electron chi connectivity index (χ1n) is 12.2. The first-order valence-corrected chi connectivity index (χ1v) is 13.8. The minimum atomic E-state index is -0.679. The summed E-state index contributed by atoms with van der Waals surface area (Å²) in [5.41, 5.74) is 2.38. The summed E-state index contributed by atoms with van der Waals surface area (Å²) in [6.45, 7) is 2.41. The number of rotatable bonds is 7. The van der Waals surface area contributed by atoms with Gasteiger partial charge in [-0.25, -0.2) is 9.79 Å². The zero-order valence-electron chi connectivity index (χ0n) is 20.9. The van der Waals surface area contributed by atoms with Crippen LogP contribution in [0.5, 0.6) is 11.5 Å². The standard InChI is InChI=1S/C28H24BrN3O6S/c1-2-36-27(35)18-7-9-20(10-8-18)31-28-32(15-17-6-11-22-23(12-17)38-16-37-22)25(33)14-24(39-28)26(34)30-21-5-3-4-19(29)13-21/h3-13,24H,2,14-16H2,1H3,(H,30,34). The van der Waals surface area contributed by atoms with E-state index in [9.17, 15) is 14.4 Å². The first kappa shape index (κ1) is 26.8. The number of hydrogen-bond acceptors (Lipinski definition) is 8. The number of anilines is 1. The molecule has 1 fully saturated rings. The molecule has 2 amide bonds. The fraction of sp³-hybridized carbons (Fsp3) is 0.214. The van der Waals surface area contributed by atoms with Gasteiger partial charge in [0.25, 0.3) is 0 Å². The second-order valence-electron chi connectivity index (χ2n) is 8.64. The summed E-state index contributed by atoms with van der Waals surface area (Å²) in [5.74, 6) is 0.316. The smallest absolute Gasteiger partial charge is 0.338 e. The molecule has 11 heteroatoms. The van der Waals surface area contributed by atoms with Gasteiger partial charge in [0, 0.05) is 16.6 Å². The highest BCUT2D eigenvalue weighted by Gasteiger charge is 2.36. The second-order valence-corrected chi connectivity index (χ2v) is 10.7. The van der Waals surface area contributed by atoms with E-state index in [1.165, 1.54) is 11.8 Å². The van der Waals surface area contributed by atoms with Gasteiger partial charge in [0.2, 0.25) is 18.6 Å². The monoisotopic (exact) mass is 609 g/mol. The number of carbonyl (C=O) groups excluding carboxylic acids is 3. The van der Waals surface area contributed by atoms with Crippen molar-refractivity contribution in [3.63, 3.8) is 0 Å². The Hall–Kier alpha value is -3.83. The van der Waals surface area contributed by atoms with Gasteiger partial charge < -0.3 is 19.5 Å². The van der Waals surface area contributed by atoms with Gasteiger partial charge in [-0.2, -0.15) is 0 Å². The van der Waals surface area contributed by atoms with E-state index in [0.717, 1.165) is 10.0 Å². The fourth-order valence-corrected chi connectivity index (χ4v) is 5.50. The Balaban J connectivity index is 1.41. The predicted octanol–water partition coefficient (Wildman–Crippen LogP) is 5.52. The van der Waals surface area contributed by atoms with E-state index in [2.05, 4.69) is 21.2 Å². The Bertz CT molecular complexity index is 1450. The molecule has 0 aliphatic carbocycles. The van der Waals surface area contributed by atoms with Gasteiger partial charge in [-0.05, 0) is 67.1 Å². The van der Waals surface area contributed by atoms with E-state index < -0.39 is 11.2 Å². The van der Waals surface area contributed by atoms with Crippen molar-refractivity contribution in [2.75, 3.05) is 18.7 Å². The van der Waals surface area contributed by atoms with Crippen LogP contribution >= 0.6 is 27.7 Å². The van der Waals surface area contributed by atoms with Crippen LogP contribution in [0.1, 0.15) is 29.3 Å². The number of amides is 2. The summed E-state index contributed by atoms with van der Waals surface area (Å²) in [6, 6.07) is 19.3. The molecule has 0 saturated carbocycles.